The van der Waals surface area contributed by atoms with Crippen molar-refractivity contribution in [2.75, 3.05) is 0 Å². The standard InChI is InChI=1S/C15H23N3O3/c1-11(10-12-6-5-9-21-12)17-14(19)15(13(16)18-20)7-3-2-4-8-15/h5-6,9,11,20H,2-4,7-8,10H2,1H3,(H2,16,18)(H,17,19). The molecular formula is C15H23N3O3. The maximum absolute atomic E-state index is 12.6. The molecule has 1 fully saturated rings. The topological polar surface area (TPSA) is 101 Å². The van der Waals surface area contributed by atoms with Crippen molar-refractivity contribution in [2.24, 2.45) is 16.3 Å². The predicted octanol–water partition coefficient (Wildman–Crippen LogP) is 2.02. The number of carbonyl (C=O) groups is 1. The number of amidine groups is 1. The van der Waals surface area contributed by atoms with E-state index in [1.54, 1.807) is 6.26 Å². The van der Waals surface area contributed by atoms with Gasteiger partial charge in [0.25, 0.3) is 0 Å². The Morgan fingerprint density at radius 2 is 2.24 bits per heavy atom. The van der Waals surface area contributed by atoms with Crippen LogP contribution in [0.4, 0.5) is 0 Å². The van der Waals surface area contributed by atoms with Crippen LogP contribution in [0, 0.1) is 5.41 Å². The van der Waals surface area contributed by atoms with Crippen molar-refractivity contribution >= 4 is 11.7 Å². The van der Waals surface area contributed by atoms with E-state index in [1.165, 1.54) is 0 Å². The summed E-state index contributed by atoms with van der Waals surface area (Å²) in [7, 11) is 0. The minimum Gasteiger partial charge on any atom is -0.469 e. The lowest BCUT2D eigenvalue weighted by Crippen LogP contribution is -2.53. The Bertz CT molecular complexity index is 490. The maximum atomic E-state index is 12.6. The van der Waals surface area contributed by atoms with Gasteiger partial charge in [-0.1, -0.05) is 24.4 Å². The molecule has 1 aromatic heterocycles. The molecule has 6 nitrogen and oxygen atoms in total. The van der Waals surface area contributed by atoms with Crippen LogP contribution in [0.25, 0.3) is 0 Å². The Morgan fingerprint density at radius 3 is 2.81 bits per heavy atom. The molecule has 1 unspecified atom stereocenters. The number of nitrogens with zero attached hydrogens (tertiary/aromatic N) is 1. The van der Waals surface area contributed by atoms with Gasteiger partial charge in [-0.25, -0.2) is 0 Å². The average Bonchev–Trinajstić information content (AvgIpc) is 2.99. The van der Waals surface area contributed by atoms with Crippen molar-refractivity contribution in [3.63, 3.8) is 0 Å². The predicted molar refractivity (Wildman–Crippen MR) is 78.9 cm³/mol. The molecule has 0 aromatic carbocycles. The first kappa shape index (κ1) is 15.4. The Balaban J connectivity index is 2.04. The smallest absolute Gasteiger partial charge is 0.234 e. The molecule has 0 spiro atoms. The number of nitrogens with one attached hydrogen (secondary N) is 1. The summed E-state index contributed by atoms with van der Waals surface area (Å²) in [6.07, 6.45) is 6.39. The van der Waals surface area contributed by atoms with Crippen LogP contribution in [0.3, 0.4) is 0 Å². The molecule has 1 aromatic rings. The summed E-state index contributed by atoms with van der Waals surface area (Å²) in [5.41, 5.74) is 4.95. The zero-order chi connectivity index (χ0) is 15.3. The SMILES string of the molecule is CC(Cc1ccco1)NC(=O)C1(C(N)=NO)CCCCC1. The fraction of sp³-hybridized carbons (Fsp3) is 0.600. The zero-order valence-electron chi connectivity index (χ0n) is 12.3. The minimum absolute atomic E-state index is 0.0184. The van der Waals surface area contributed by atoms with Gasteiger partial charge in [0.15, 0.2) is 5.84 Å². The number of carbonyl (C=O) groups excluding carboxylic acids is 1. The first-order valence-electron chi connectivity index (χ1n) is 7.40. The lowest BCUT2D eigenvalue weighted by Gasteiger charge is -2.35. The number of amides is 1. The van der Waals surface area contributed by atoms with Crippen LogP contribution in [0.5, 0.6) is 0 Å². The number of furan rings is 1. The van der Waals surface area contributed by atoms with Crippen molar-refractivity contribution in [2.45, 2.75) is 51.5 Å². The summed E-state index contributed by atoms with van der Waals surface area (Å²) >= 11 is 0. The molecule has 2 rings (SSSR count). The molecule has 0 saturated heterocycles. The van der Waals surface area contributed by atoms with Crippen LogP contribution in [0.15, 0.2) is 28.0 Å². The fourth-order valence-electron chi connectivity index (χ4n) is 2.99. The number of nitrogens with two attached hydrogens (primary N) is 1. The van der Waals surface area contributed by atoms with Crippen LogP contribution in [-0.4, -0.2) is 23.0 Å². The normalized spacial score (nSPS) is 20.0. The van der Waals surface area contributed by atoms with E-state index in [0.29, 0.717) is 19.3 Å². The molecule has 1 aliphatic rings. The van der Waals surface area contributed by atoms with Gasteiger partial charge in [0.05, 0.1) is 6.26 Å². The second-order valence-electron chi connectivity index (χ2n) is 5.79. The Labute approximate surface area is 124 Å². The van der Waals surface area contributed by atoms with Crippen molar-refractivity contribution < 1.29 is 14.4 Å². The van der Waals surface area contributed by atoms with E-state index in [1.807, 2.05) is 19.1 Å². The summed E-state index contributed by atoms with van der Waals surface area (Å²) in [4.78, 5) is 12.6. The highest BCUT2D eigenvalue weighted by Gasteiger charge is 2.44. The highest BCUT2D eigenvalue weighted by molar-refractivity contribution is 6.06. The number of oxime groups is 1. The van der Waals surface area contributed by atoms with Gasteiger partial charge in [-0.05, 0) is 31.9 Å². The van der Waals surface area contributed by atoms with E-state index < -0.39 is 5.41 Å². The van der Waals surface area contributed by atoms with Crippen molar-refractivity contribution in [1.82, 2.24) is 5.32 Å². The summed E-state index contributed by atoms with van der Waals surface area (Å²) in [5, 5.41) is 15.1. The van der Waals surface area contributed by atoms with Gasteiger partial charge < -0.3 is 20.7 Å². The van der Waals surface area contributed by atoms with Gasteiger partial charge in [0, 0.05) is 12.5 Å². The molecule has 1 atom stereocenters. The summed E-state index contributed by atoms with van der Waals surface area (Å²) in [6, 6.07) is 3.62. The molecule has 4 N–H and O–H groups in total. The van der Waals surface area contributed by atoms with Gasteiger partial charge in [0.2, 0.25) is 5.91 Å². The maximum Gasteiger partial charge on any atom is 0.234 e. The lowest BCUT2D eigenvalue weighted by molar-refractivity contribution is -0.129. The van der Waals surface area contributed by atoms with E-state index in [4.69, 9.17) is 15.4 Å². The highest BCUT2D eigenvalue weighted by Crippen LogP contribution is 2.37. The number of hydrogen-bond donors (Lipinski definition) is 3. The Morgan fingerprint density at radius 1 is 1.52 bits per heavy atom. The van der Waals surface area contributed by atoms with E-state index in [0.717, 1.165) is 25.0 Å². The molecule has 1 heterocycles. The Hall–Kier alpha value is -1.98. The van der Waals surface area contributed by atoms with Crippen LogP contribution in [0.2, 0.25) is 0 Å². The zero-order valence-corrected chi connectivity index (χ0v) is 12.3. The molecule has 1 aliphatic carbocycles. The van der Waals surface area contributed by atoms with Gasteiger partial charge >= 0.3 is 0 Å². The number of hydrogen-bond acceptors (Lipinski definition) is 4. The lowest BCUT2D eigenvalue weighted by atomic mass is 9.72. The van der Waals surface area contributed by atoms with Gasteiger partial charge in [-0.2, -0.15) is 0 Å². The van der Waals surface area contributed by atoms with Crippen LogP contribution < -0.4 is 11.1 Å². The van der Waals surface area contributed by atoms with Gasteiger partial charge in [0.1, 0.15) is 11.2 Å². The fourth-order valence-corrected chi connectivity index (χ4v) is 2.99. The molecular weight excluding hydrogens is 270 g/mol. The highest BCUT2D eigenvalue weighted by atomic mass is 16.4. The summed E-state index contributed by atoms with van der Waals surface area (Å²) in [5.74, 6) is 0.686. The second kappa shape index (κ2) is 6.65. The van der Waals surface area contributed by atoms with E-state index in [-0.39, 0.29) is 17.8 Å². The van der Waals surface area contributed by atoms with Crippen LogP contribution in [-0.2, 0) is 11.2 Å². The van der Waals surface area contributed by atoms with Crippen molar-refractivity contribution in [3.05, 3.63) is 24.2 Å². The first-order chi connectivity index (χ1) is 10.1. The molecule has 21 heavy (non-hydrogen) atoms. The summed E-state index contributed by atoms with van der Waals surface area (Å²) < 4.78 is 5.29. The Kier molecular flexibility index (Phi) is 4.88. The van der Waals surface area contributed by atoms with E-state index in [9.17, 15) is 4.79 Å². The molecule has 0 bridgehead atoms. The third-order valence-electron chi connectivity index (χ3n) is 4.20. The molecule has 6 heteroatoms. The largest absolute Gasteiger partial charge is 0.469 e. The van der Waals surface area contributed by atoms with E-state index >= 15 is 0 Å². The van der Waals surface area contributed by atoms with Crippen LogP contribution >= 0.6 is 0 Å². The average molecular weight is 293 g/mol. The molecule has 1 amide bonds. The third kappa shape index (κ3) is 3.37. The quantitative estimate of drug-likeness (QED) is 0.334. The van der Waals surface area contributed by atoms with Gasteiger partial charge in [-0.15, -0.1) is 0 Å². The van der Waals surface area contributed by atoms with Crippen LogP contribution in [0.1, 0.15) is 44.8 Å². The first-order valence-corrected chi connectivity index (χ1v) is 7.40. The number of rotatable bonds is 5. The molecule has 0 radical (unpaired) electrons. The minimum atomic E-state index is -0.871. The molecule has 1 saturated carbocycles. The third-order valence-corrected chi connectivity index (χ3v) is 4.20. The van der Waals surface area contributed by atoms with E-state index in [2.05, 4.69) is 10.5 Å². The molecule has 116 valence electrons. The summed E-state index contributed by atoms with van der Waals surface area (Å²) in [6.45, 7) is 1.92. The van der Waals surface area contributed by atoms with Crippen molar-refractivity contribution in [3.8, 4) is 0 Å². The van der Waals surface area contributed by atoms with Crippen molar-refractivity contribution in [1.29, 1.82) is 0 Å². The monoisotopic (exact) mass is 293 g/mol. The molecule has 0 aliphatic heterocycles. The second-order valence-corrected chi connectivity index (χ2v) is 5.79. The van der Waals surface area contributed by atoms with Gasteiger partial charge in [-0.3, -0.25) is 4.79 Å².